The molecule has 1 saturated carbocycles. The highest BCUT2D eigenvalue weighted by Crippen LogP contribution is 2.36. The van der Waals surface area contributed by atoms with E-state index in [0.29, 0.717) is 24.9 Å². The molecule has 1 aromatic heterocycles. The Morgan fingerprint density at radius 1 is 1.38 bits per heavy atom. The molecule has 9 heteroatoms. The van der Waals surface area contributed by atoms with E-state index in [2.05, 4.69) is 10.2 Å². The molecule has 1 aliphatic heterocycles. The molecule has 0 bridgehead atoms. The zero-order valence-electron chi connectivity index (χ0n) is 13.7. The van der Waals surface area contributed by atoms with Gasteiger partial charge in [0.2, 0.25) is 5.91 Å². The predicted molar refractivity (Wildman–Crippen MR) is 87.8 cm³/mol. The van der Waals surface area contributed by atoms with Gasteiger partial charge in [-0.25, -0.2) is 9.89 Å². The highest BCUT2D eigenvalue weighted by molar-refractivity contribution is 7.99. The summed E-state index contributed by atoms with van der Waals surface area (Å²) in [6.45, 7) is 3.21. The highest BCUT2D eigenvalue weighted by atomic mass is 32.2. The lowest BCUT2D eigenvalue weighted by atomic mass is 9.98. The Hall–Kier alpha value is -1.77. The number of piperidine rings is 1. The van der Waals surface area contributed by atoms with Gasteiger partial charge in [0.1, 0.15) is 0 Å². The lowest BCUT2D eigenvalue weighted by Gasteiger charge is -2.31. The van der Waals surface area contributed by atoms with E-state index < -0.39 is 0 Å². The number of carbonyl (C=O) groups is 2. The van der Waals surface area contributed by atoms with Crippen molar-refractivity contribution in [3.63, 3.8) is 0 Å². The molecule has 1 N–H and O–H groups in total. The third kappa shape index (κ3) is 3.82. The van der Waals surface area contributed by atoms with Crippen molar-refractivity contribution >= 4 is 23.6 Å². The minimum absolute atomic E-state index is 0.0354. The van der Waals surface area contributed by atoms with Crippen molar-refractivity contribution in [3.05, 3.63) is 10.5 Å². The normalized spacial score (nSPS) is 20.9. The lowest BCUT2D eigenvalue weighted by molar-refractivity contribution is -0.151. The molecule has 1 atom stereocenters. The highest BCUT2D eigenvalue weighted by Gasteiger charge is 2.31. The van der Waals surface area contributed by atoms with Gasteiger partial charge in [-0.15, -0.1) is 5.10 Å². The molecule has 2 fully saturated rings. The van der Waals surface area contributed by atoms with E-state index in [0.717, 1.165) is 25.7 Å². The molecule has 1 amide bonds. The molecule has 132 valence electrons. The van der Waals surface area contributed by atoms with Gasteiger partial charge in [0.15, 0.2) is 5.16 Å². The summed E-state index contributed by atoms with van der Waals surface area (Å²) in [7, 11) is 0. The number of rotatable bonds is 6. The van der Waals surface area contributed by atoms with Gasteiger partial charge in [0.05, 0.1) is 18.3 Å². The zero-order chi connectivity index (χ0) is 17.1. The zero-order valence-corrected chi connectivity index (χ0v) is 14.5. The number of esters is 1. The molecular formula is C15H22N4O4S. The maximum Gasteiger partial charge on any atom is 0.344 e. The van der Waals surface area contributed by atoms with Crippen LogP contribution in [0.4, 0.5) is 0 Å². The van der Waals surface area contributed by atoms with Crippen LogP contribution in [0.25, 0.3) is 0 Å². The third-order valence-corrected chi connectivity index (χ3v) is 5.24. The van der Waals surface area contributed by atoms with Gasteiger partial charge in [0.25, 0.3) is 0 Å². The maximum absolute atomic E-state index is 12.4. The fourth-order valence-corrected chi connectivity index (χ4v) is 3.84. The molecule has 1 saturated heterocycles. The smallest absolute Gasteiger partial charge is 0.344 e. The minimum Gasteiger partial charge on any atom is -0.466 e. The van der Waals surface area contributed by atoms with Crippen molar-refractivity contribution in [1.82, 2.24) is 19.7 Å². The van der Waals surface area contributed by atoms with Gasteiger partial charge in [-0.3, -0.25) is 14.2 Å². The van der Waals surface area contributed by atoms with Crippen LogP contribution in [0, 0.1) is 5.92 Å². The lowest BCUT2D eigenvalue weighted by Crippen LogP contribution is -2.43. The number of amides is 1. The average molecular weight is 354 g/mol. The summed E-state index contributed by atoms with van der Waals surface area (Å²) < 4.78 is 6.69. The molecule has 3 rings (SSSR count). The second-order valence-electron chi connectivity index (χ2n) is 6.13. The number of hydrogen-bond acceptors (Lipinski definition) is 6. The maximum atomic E-state index is 12.4. The van der Waals surface area contributed by atoms with Gasteiger partial charge in [0, 0.05) is 19.1 Å². The number of ether oxygens (including phenoxy) is 1. The van der Waals surface area contributed by atoms with Crippen molar-refractivity contribution in [2.45, 2.75) is 43.8 Å². The van der Waals surface area contributed by atoms with Gasteiger partial charge >= 0.3 is 11.7 Å². The first-order chi connectivity index (χ1) is 11.6. The van der Waals surface area contributed by atoms with Crippen LogP contribution in [0.1, 0.15) is 38.6 Å². The quantitative estimate of drug-likeness (QED) is 0.599. The van der Waals surface area contributed by atoms with Crippen LogP contribution in [0.2, 0.25) is 0 Å². The standard InChI is InChI=1S/C15H22N4O4S/c1-2-23-13(21)10-4-3-7-18(8-10)12(20)9-24-15-17-16-14(22)19(15)11-5-6-11/h10-11H,2-9H2,1H3,(H,16,22)/t10-/m1/s1. The Balaban J connectivity index is 1.55. The molecule has 24 heavy (non-hydrogen) atoms. The Kier molecular flexibility index (Phi) is 5.27. The SMILES string of the molecule is CCOC(=O)[C@@H]1CCCN(C(=O)CSc2n[nH]c(=O)n2C2CC2)C1. The van der Waals surface area contributed by atoms with E-state index in [4.69, 9.17) is 4.74 Å². The van der Waals surface area contributed by atoms with Crippen LogP contribution >= 0.6 is 11.8 Å². The van der Waals surface area contributed by atoms with Gasteiger partial charge in [-0.2, -0.15) is 0 Å². The van der Waals surface area contributed by atoms with Crippen molar-refractivity contribution < 1.29 is 14.3 Å². The second kappa shape index (κ2) is 7.42. The molecule has 1 aromatic rings. The predicted octanol–water partition coefficient (Wildman–Crippen LogP) is 0.800. The van der Waals surface area contributed by atoms with Gasteiger partial charge in [-0.1, -0.05) is 11.8 Å². The molecule has 0 radical (unpaired) electrons. The summed E-state index contributed by atoms with van der Waals surface area (Å²) >= 11 is 1.27. The Morgan fingerprint density at radius 2 is 2.17 bits per heavy atom. The number of likely N-dealkylation sites (tertiary alicyclic amines) is 1. The first-order valence-corrected chi connectivity index (χ1v) is 9.32. The number of carbonyl (C=O) groups excluding carboxylic acids is 2. The third-order valence-electron chi connectivity index (χ3n) is 4.30. The van der Waals surface area contributed by atoms with Crippen LogP contribution in [-0.4, -0.2) is 57.0 Å². The van der Waals surface area contributed by atoms with Crippen molar-refractivity contribution in [1.29, 1.82) is 0 Å². The van der Waals surface area contributed by atoms with Crippen molar-refractivity contribution in [3.8, 4) is 0 Å². The Morgan fingerprint density at radius 3 is 2.88 bits per heavy atom. The molecule has 2 aliphatic rings. The number of aromatic nitrogens is 3. The molecule has 0 spiro atoms. The van der Waals surface area contributed by atoms with Crippen LogP contribution < -0.4 is 5.69 Å². The van der Waals surface area contributed by atoms with E-state index in [9.17, 15) is 14.4 Å². The largest absolute Gasteiger partial charge is 0.466 e. The average Bonchev–Trinajstić information content (AvgIpc) is 3.36. The first-order valence-electron chi connectivity index (χ1n) is 8.34. The van der Waals surface area contributed by atoms with Crippen molar-refractivity contribution in [2.75, 3.05) is 25.4 Å². The summed E-state index contributed by atoms with van der Waals surface area (Å²) in [5.74, 6) is -0.279. The second-order valence-corrected chi connectivity index (χ2v) is 7.07. The fourth-order valence-electron chi connectivity index (χ4n) is 2.92. The monoisotopic (exact) mass is 354 g/mol. The minimum atomic E-state index is -0.234. The number of nitrogens with zero attached hydrogens (tertiary/aromatic N) is 3. The van der Waals surface area contributed by atoms with Gasteiger partial charge in [-0.05, 0) is 32.6 Å². The van der Waals surface area contributed by atoms with Gasteiger partial charge < -0.3 is 9.64 Å². The van der Waals surface area contributed by atoms with Crippen LogP contribution in [0.5, 0.6) is 0 Å². The Labute approximate surface area is 143 Å². The number of hydrogen-bond donors (Lipinski definition) is 1. The molecule has 8 nitrogen and oxygen atoms in total. The number of nitrogens with one attached hydrogen (secondary N) is 1. The van der Waals surface area contributed by atoms with Crippen LogP contribution in [0.3, 0.4) is 0 Å². The summed E-state index contributed by atoms with van der Waals surface area (Å²) in [6.07, 6.45) is 3.52. The molecular weight excluding hydrogens is 332 g/mol. The van der Waals surface area contributed by atoms with E-state index in [1.807, 2.05) is 0 Å². The molecule has 2 heterocycles. The summed E-state index contributed by atoms with van der Waals surface area (Å²) in [6, 6.07) is 0.219. The van der Waals surface area contributed by atoms with Crippen LogP contribution in [0.15, 0.2) is 9.95 Å². The first kappa shape index (κ1) is 17.1. The summed E-state index contributed by atoms with van der Waals surface area (Å²) in [5, 5.41) is 7.02. The fraction of sp³-hybridized carbons (Fsp3) is 0.733. The summed E-state index contributed by atoms with van der Waals surface area (Å²) in [5.41, 5.74) is -0.215. The van der Waals surface area contributed by atoms with E-state index in [1.165, 1.54) is 11.8 Å². The van der Waals surface area contributed by atoms with E-state index >= 15 is 0 Å². The number of aromatic amines is 1. The van der Waals surface area contributed by atoms with E-state index in [-0.39, 0.29) is 35.3 Å². The van der Waals surface area contributed by atoms with Crippen LogP contribution in [-0.2, 0) is 14.3 Å². The molecule has 0 unspecified atom stereocenters. The number of thioether (sulfide) groups is 1. The molecule has 0 aromatic carbocycles. The van der Waals surface area contributed by atoms with Crippen molar-refractivity contribution in [2.24, 2.45) is 5.92 Å². The Bertz CT molecular complexity index is 667. The number of H-pyrrole nitrogens is 1. The molecule has 1 aliphatic carbocycles. The summed E-state index contributed by atoms with van der Waals surface area (Å²) in [4.78, 5) is 37.7. The topological polar surface area (TPSA) is 97.3 Å². The van der Waals surface area contributed by atoms with E-state index in [1.54, 1.807) is 16.4 Å².